The Morgan fingerprint density at radius 2 is 1.82 bits per heavy atom. The van der Waals surface area contributed by atoms with Crippen molar-refractivity contribution in [3.63, 3.8) is 0 Å². The molecule has 1 rings (SSSR count). The molecule has 1 fully saturated rings. The van der Waals surface area contributed by atoms with Crippen molar-refractivity contribution in [3.05, 3.63) is 0 Å². The van der Waals surface area contributed by atoms with E-state index in [0.717, 1.165) is 19.3 Å². The Kier molecular flexibility index (Phi) is 4.88. The molecule has 0 atom stereocenters. The highest BCUT2D eigenvalue weighted by atomic mass is 32.2. The minimum absolute atomic E-state index is 0.153. The molecule has 7 heteroatoms. The summed E-state index contributed by atoms with van der Waals surface area (Å²) in [5, 5.41) is 0. The van der Waals surface area contributed by atoms with E-state index in [2.05, 4.69) is 9.44 Å². The van der Waals surface area contributed by atoms with Crippen molar-refractivity contribution in [1.82, 2.24) is 9.44 Å². The number of nitrogens with one attached hydrogen (secondary N) is 2. The molecule has 0 aliphatic heterocycles. The highest BCUT2D eigenvalue weighted by Crippen LogP contribution is 2.29. The minimum atomic E-state index is -3.55. The molecule has 100 valence electrons. The molecule has 0 bridgehead atoms. The first-order valence-corrected chi connectivity index (χ1v) is 7.78. The van der Waals surface area contributed by atoms with Gasteiger partial charge in [0.05, 0.1) is 10.5 Å². The Morgan fingerprint density at radius 3 is 2.24 bits per heavy atom. The van der Waals surface area contributed by atoms with E-state index in [4.69, 9.17) is 18.0 Å². The van der Waals surface area contributed by atoms with Crippen LogP contribution in [-0.2, 0) is 10.2 Å². The molecule has 0 spiro atoms. The smallest absolute Gasteiger partial charge is 0.278 e. The zero-order valence-electron chi connectivity index (χ0n) is 10.3. The first-order chi connectivity index (χ1) is 7.77. The van der Waals surface area contributed by atoms with Crippen molar-refractivity contribution in [2.45, 2.75) is 57.5 Å². The van der Waals surface area contributed by atoms with E-state index in [-0.39, 0.29) is 11.0 Å². The molecular weight excluding hydrogens is 258 g/mol. The molecule has 0 radical (unpaired) electrons. The number of hydrogen-bond donors (Lipinski definition) is 3. The lowest BCUT2D eigenvalue weighted by Gasteiger charge is -2.36. The van der Waals surface area contributed by atoms with E-state index in [1.807, 2.05) is 0 Å². The maximum absolute atomic E-state index is 11.9. The molecule has 1 aliphatic carbocycles. The van der Waals surface area contributed by atoms with Crippen LogP contribution in [0.1, 0.15) is 46.0 Å². The average molecular weight is 279 g/mol. The van der Waals surface area contributed by atoms with Gasteiger partial charge in [0.1, 0.15) is 0 Å². The zero-order valence-corrected chi connectivity index (χ0v) is 12.0. The zero-order chi connectivity index (χ0) is 13.1. The van der Waals surface area contributed by atoms with E-state index in [1.54, 1.807) is 13.8 Å². The lowest BCUT2D eigenvalue weighted by molar-refractivity contribution is 0.351. The Morgan fingerprint density at radius 1 is 1.29 bits per heavy atom. The van der Waals surface area contributed by atoms with Gasteiger partial charge >= 0.3 is 0 Å². The van der Waals surface area contributed by atoms with Gasteiger partial charge in [-0.25, -0.2) is 0 Å². The molecule has 0 aromatic rings. The topological polar surface area (TPSA) is 84.2 Å². The normalized spacial score (nSPS) is 20.4. The summed E-state index contributed by atoms with van der Waals surface area (Å²) in [4.78, 5) is 0.242. The highest BCUT2D eigenvalue weighted by Gasteiger charge is 2.38. The van der Waals surface area contributed by atoms with Gasteiger partial charge in [0.25, 0.3) is 10.2 Å². The molecule has 0 heterocycles. The summed E-state index contributed by atoms with van der Waals surface area (Å²) in [5.74, 6) is 0. The van der Waals surface area contributed by atoms with Gasteiger partial charge in [-0.3, -0.25) is 0 Å². The van der Waals surface area contributed by atoms with Crippen molar-refractivity contribution in [2.75, 3.05) is 0 Å². The summed E-state index contributed by atoms with van der Waals surface area (Å²) in [5.41, 5.74) is 4.98. The van der Waals surface area contributed by atoms with E-state index in [0.29, 0.717) is 12.8 Å². The highest BCUT2D eigenvalue weighted by molar-refractivity contribution is 7.87. The van der Waals surface area contributed by atoms with Crippen LogP contribution in [-0.4, -0.2) is 25.0 Å². The van der Waals surface area contributed by atoms with Gasteiger partial charge in [0.2, 0.25) is 0 Å². The van der Waals surface area contributed by atoms with E-state index in [1.165, 1.54) is 0 Å². The fraction of sp³-hybridized carbons (Fsp3) is 0.900. The van der Waals surface area contributed by atoms with Crippen LogP contribution in [0.3, 0.4) is 0 Å². The lowest BCUT2D eigenvalue weighted by Crippen LogP contribution is -2.60. The van der Waals surface area contributed by atoms with E-state index < -0.39 is 15.7 Å². The van der Waals surface area contributed by atoms with E-state index in [9.17, 15) is 8.42 Å². The van der Waals surface area contributed by atoms with Crippen LogP contribution in [0.2, 0.25) is 0 Å². The quantitative estimate of drug-likeness (QED) is 0.650. The van der Waals surface area contributed by atoms with Gasteiger partial charge in [-0.1, -0.05) is 31.5 Å². The molecule has 1 saturated carbocycles. The standard InChI is InChI=1S/C10H21N3O2S2/c1-8(2)12-17(14,15)13-10(9(11)16)6-4-3-5-7-10/h8,12-13H,3-7H2,1-2H3,(H2,11,16). The summed E-state index contributed by atoms with van der Waals surface area (Å²) >= 11 is 5.03. The third-order valence-corrected chi connectivity index (χ3v) is 4.73. The second-order valence-electron chi connectivity index (χ2n) is 4.89. The SMILES string of the molecule is CC(C)NS(=O)(=O)NC1(C(N)=S)CCCCC1. The maximum Gasteiger partial charge on any atom is 0.278 e. The van der Waals surface area contributed by atoms with Crippen LogP contribution in [0, 0.1) is 0 Å². The van der Waals surface area contributed by atoms with Crippen molar-refractivity contribution in [1.29, 1.82) is 0 Å². The maximum atomic E-state index is 11.9. The molecule has 0 saturated heterocycles. The van der Waals surface area contributed by atoms with Crippen molar-refractivity contribution >= 4 is 27.4 Å². The van der Waals surface area contributed by atoms with Gasteiger partial charge < -0.3 is 5.73 Å². The number of thiocarbonyl (C=S) groups is 1. The molecule has 0 aromatic heterocycles. The molecule has 0 amide bonds. The summed E-state index contributed by atoms with van der Waals surface area (Å²) in [6, 6.07) is -0.153. The summed E-state index contributed by atoms with van der Waals surface area (Å²) in [6.07, 6.45) is 4.36. The van der Waals surface area contributed by atoms with Crippen LogP contribution in [0.15, 0.2) is 0 Å². The number of rotatable bonds is 5. The number of hydrogen-bond acceptors (Lipinski definition) is 3. The van der Waals surface area contributed by atoms with Gasteiger partial charge in [-0.15, -0.1) is 0 Å². The molecule has 0 unspecified atom stereocenters. The van der Waals surface area contributed by atoms with Crippen LogP contribution in [0.4, 0.5) is 0 Å². The van der Waals surface area contributed by atoms with Crippen LogP contribution in [0.5, 0.6) is 0 Å². The van der Waals surface area contributed by atoms with Crippen LogP contribution in [0.25, 0.3) is 0 Å². The molecule has 17 heavy (non-hydrogen) atoms. The fourth-order valence-electron chi connectivity index (χ4n) is 2.15. The van der Waals surface area contributed by atoms with Crippen molar-refractivity contribution < 1.29 is 8.42 Å². The predicted octanol–water partition coefficient (Wildman–Crippen LogP) is 0.808. The fourth-order valence-corrected chi connectivity index (χ4v) is 3.98. The van der Waals surface area contributed by atoms with Gasteiger partial charge in [0, 0.05) is 6.04 Å². The Hall–Kier alpha value is -0.240. The Balaban J connectivity index is 2.83. The summed E-state index contributed by atoms with van der Waals surface area (Å²) in [7, 11) is -3.55. The second-order valence-corrected chi connectivity index (χ2v) is 6.77. The summed E-state index contributed by atoms with van der Waals surface area (Å²) < 4.78 is 28.9. The first kappa shape index (κ1) is 14.8. The largest absolute Gasteiger partial charge is 0.392 e. The molecule has 4 N–H and O–H groups in total. The molecular formula is C10H21N3O2S2. The predicted molar refractivity (Wildman–Crippen MR) is 72.9 cm³/mol. The van der Waals surface area contributed by atoms with Gasteiger partial charge in [-0.2, -0.15) is 17.9 Å². The van der Waals surface area contributed by atoms with Gasteiger partial charge in [0.15, 0.2) is 0 Å². The average Bonchev–Trinajstić information content (AvgIpc) is 2.15. The second kappa shape index (κ2) is 5.60. The third kappa shape index (κ3) is 4.17. The minimum Gasteiger partial charge on any atom is -0.392 e. The Bertz CT molecular complexity index is 373. The Labute approximate surface area is 109 Å². The molecule has 5 nitrogen and oxygen atoms in total. The third-order valence-electron chi connectivity index (χ3n) is 2.90. The lowest BCUT2D eigenvalue weighted by atomic mass is 9.82. The molecule has 0 aromatic carbocycles. The monoisotopic (exact) mass is 279 g/mol. The summed E-state index contributed by atoms with van der Waals surface area (Å²) in [6.45, 7) is 3.54. The number of nitrogens with two attached hydrogens (primary N) is 1. The van der Waals surface area contributed by atoms with Crippen LogP contribution >= 0.6 is 12.2 Å². The molecule has 1 aliphatic rings. The first-order valence-electron chi connectivity index (χ1n) is 5.88. The van der Waals surface area contributed by atoms with Gasteiger partial charge in [-0.05, 0) is 26.7 Å². The van der Waals surface area contributed by atoms with E-state index >= 15 is 0 Å². The van der Waals surface area contributed by atoms with Crippen molar-refractivity contribution in [2.24, 2.45) is 5.73 Å². The van der Waals surface area contributed by atoms with Crippen LogP contribution < -0.4 is 15.2 Å². The van der Waals surface area contributed by atoms with Crippen molar-refractivity contribution in [3.8, 4) is 0 Å².